The second kappa shape index (κ2) is 4.93. The molecule has 0 N–H and O–H groups in total. The number of ether oxygens (including phenoxy) is 1. The molecule has 0 saturated carbocycles. The van der Waals surface area contributed by atoms with Crippen molar-refractivity contribution in [1.29, 1.82) is 0 Å². The van der Waals surface area contributed by atoms with Gasteiger partial charge in [-0.2, -0.15) is 5.10 Å². The topological polar surface area (TPSA) is 60.7 Å². The molecule has 0 amide bonds. The molecule has 0 aliphatic rings. The number of hydrogen-bond donors (Lipinski definition) is 0. The van der Waals surface area contributed by atoms with E-state index in [2.05, 4.69) is 5.10 Å². The van der Waals surface area contributed by atoms with E-state index >= 15 is 0 Å². The highest BCUT2D eigenvalue weighted by Crippen LogP contribution is 2.17. The first-order valence-corrected chi connectivity index (χ1v) is 6.00. The van der Waals surface area contributed by atoms with Crippen molar-refractivity contribution in [3.05, 3.63) is 36.2 Å². The van der Waals surface area contributed by atoms with E-state index in [-0.39, 0.29) is 18.0 Å². The van der Waals surface area contributed by atoms with Crippen molar-refractivity contribution in [3.8, 4) is 0 Å². The molecule has 0 unspecified atom stereocenters. The Morgan fingerprint density at radius 3 is 2.79 bits per heavy atom. The Morgan fingerprint density at radius 2 is 2.11 bits per heavy atom. The van der Waals surface area contributed by atoms with Crippen LogP contribution < -0.4 is 0 Å². The van der Waals surface area contributed by atoms with Crippen molar-refractivity contribution < 1.29 is 14.3 Å². The van der Waals surface area contributed by atoms with Gasteiger partial charge in [-0.15, -0.1) is 0 Å². The van der Waals surface area contributed by atoms with Crippen molar-refractivity contribution >= 4 is 17.1 Å². The van der Waals surface area contributed by atoms with Crippen LogP contribution in [0.25, 0.3) is 5.52 Å². The third-order valence-corrected chi connectivity index (χ3v) is 3.23. The number of carbonyl (C=O) groups excluding carboxylic acids is 2. The average Bonchev–Trinajstić information content (AvgIpc) is 2.82. The second-order valence-electron chi connectivity index (χ2n) is 4.83. The van der Waals surface area contributed by atoms with E-state index < -0.39 is 5.60 Å². The Hall–Kier alpha value is -2.01. The van der Waals surface area contributed by atoms with Crippen LogP contribution >= 0.6 is 0 Å². The fourth-order valence-electron chi connectivity index (χ4n) is 1.72. The zero-order valence-electron chi connectivity index (χ0n) is 11.2. The third-order valence-electron chi connectivity index (χ3n) is 3.23. The van der Waals surface area contributed by atoms with Crippen LogP contribution in [-0.4, -0.2) is 33.9 Å². The van der Waals surface area contributed by atoms with Gasteiger partial charge in [-0.05, 0) is 26.0 Å². The number of aromatic nitrogens is 2. The summed E-state index contributed by atoms with van der Waals surface area (Å²) in [4.78, 5) is 24.1. The van der Waals surface area contributed by atoms with E-state index in [1.165, 1.54) is 13.3 Å². The first-order valence-electron chi connectivity index (χ1n) is 6.00. The van der Waals surface area contributed by atoms with Gasteiger partial charge in [0.25, 0.3) is 0 Å². The molecule has 2 aromatic rings. The summed E-state index contributed by atoms with van der Waals surface area (Å²) in [5, 5.41) is 4.08. The van der Waals surface area contributed by atoms with E-state index in [0.29, 0.717) is 11.1 Å². The number of nitrogens with zero attached hydrogens (tertiary/aromatic N) is 2. The maximum absolute atomic E-state index is 12.2. The molecule has 2 heterocycles. The molecule has 0 radical (unpaired) electrons. The Morgan fingerprint density at radius 1 is 1.37 bits per heavy atom. The van der Waals surface area contributed by atoms with E-state index in [0.717, 1.165) is 0 Å². The number of Topliss-reactive ketones (excluding diaryl/α,β-unsaturated/α-hetero) is 2. The van der Waals surface area contributed by atoms with Crippen molar-refractivity contribution in [2.75, 3.05) is 7.11 Å². The fourth-order valence-corrected chi connectivity index (χ4v) is 1.72. The van der Waals surface area contributed by atoms with E-state index in [4.69, 9.17) is 4.74 Å². The molecular weight excluding hydrogens is 244 g/mol. The van der Waals surface area contributed by atoms with Crippen molar-refractivity contribution in [2.24, 2.45) is 0 Å². The Balaban J connectivity index is 2.24. The van der Waals surface area contributed by atoms with Gasteiger partial charge in [0.15, 0.2) is 11.6 Å². The number of rotatable bonds is 5. The first kappa shape index (κ1) is 13.4. The fraction of sp³-hybridized carbons (Fsp3) is 0.357. The summed E-state index contributed by atoms with van der Waals surface area (Å²) in [6.07, 6.45) is 3.06. The number of methoxy groups -OCH3 is 1. The van der Waals surface area contributed by atoms with Gasteiger partial charge in [0.2, 0.25) is 0 Å². The molecule has 0 saturated heterocycles. The lowest BCUT2D eigenvalue weighted by Crippen LogP contribution is -2.35. The molecule has 5 heteroatoms. The van der Waals surface area contributed by atoms with Crippen molar-refractivity contribution in [1.82, 2.24) is 9.61 Å². The summed E-state index contributed by atoms with van der Waals surface area (Å²) in [5.74, 6) is -0.480. The molecule has 0 fully saturated rings. The maximum Gasteiger partial charge on any atom is 0.174 e. The lowest BCUT2D eigenvalue weighted by atomic mass is 9.96. The van der Waals surface area contributed by atoms with Gasteiger partial charge in [0, 0.05) is 13.3 Å². The predicted octanol–water partition coefficient (Wildman–Crippen LogP) is 1.90. The lowest BCUT2D eigenvalue weighted by molar-refractivity contribution is -0.136. The van der Waals surface area contributed by atoms with Gasteiger partial charge in [0.1, 0.15) is 5.60 Å². The molecular formula is C14H16N2O3. The summed E-state index contributed by atoms with van der Waals surface area (Å²) in [5.41, 5.74) is 0.218. The number of hydrogen-bond acceptors (Lipinski definition) is 4. The molecule has 100 valence electrons. The minimum atomic E-state index is -0.946. The maximum atomic E-state index is 12.2. The number of carbonyl (C=O) groups is 2. The standard InChI is InChI=1S/C14H16N2O3/c1-14(2,19-3)13(18)8-12(17)10-9-15-16-7-5-4-6-11(10)16/h4-7,9H,8H2,1-3H3. The molecule has 0 spiro atoms. The van der Waals surface area contributed by atoms with Gasteiger partial charge >= 0.3 is 0 Å². The van der Waals surface area contributed by atoms with E-state index in [1.807, 2.05) is 12.1 Å². The summed E-state index contributed by atoms with van der Waals surface area (Å²) in [6, 6.07) is 5.45. The minimum Gasteiger partial charge on any atom is -0.371 e. The molecule has 2 rings (SSSR count). The molecule has 2 aromatic heterocycles. The predicted molar refractivity (Wildman–Crippen MR) is 70.2 cm³/mol. The molecule has 0 aliphatic carbocycles. The van der Waals surface area contributed by atoms with Crippen molar-refractivity contribution in [3.63, 3.8) is 0 Å². The van der Waals surface area contributed by atoms with Gasteiger partial charge in [-0.25, -0.2) is 4.52 Å². The van der Waals surface area contributed by atoms with E-state index in [1.54, 1.807) is 30.6 Å². The monoisotopic (exact) mass is 260 g/mol. The quantitative estimate of drug-likeness (QED) is 0.608. The Labute approximate surface area is 111 Å². The number of fused-ring (bicyclic) bond motifs is 1. The average molecular weight is 260 g/mol. The van der Waals surface area contributed by atoms with Gasteiger partial charge in [-0.1, -0.05) is 6.07 Å². The zero-order chi connectivity index (χ0) is 14.0. The SMILES string of the molecule is COC(C)(C)C(=O)CC(=O)c1cnn2ccccc12. The highest BCUT2D eigenvalue weighted by atomic mass is 16.5. The molecule has 0 atom stereocenters. The van der Waals surface area contributed by atoms with Gasteiger partial charge in [0.05, 0.1) is 23.7 Å². The van der Waals surface area contributed by atoms with Gasteiger partial charge < -0.3 is 4.74 Å². The van der Waals surface area contributed by atoms with Crippen LogP contribution in [0, 0.1) is 0 Å². The van der Waals surface area contributed by atoms with Crippen LogP contribution in [0.3, 0.4) is 0 Å². The summed E-state index contributed by atoms with van der Waals surface area (Å²) >= 11 is 0. The molecule has 0 bridgehead atoms. The molecule has 5 nitrogen and oxygen atoms in total. The van der Waals surface area contributed by atoms with Crippen LogP contribution in [0.1, 0.15) is 30.6 Å². The number of ketones is 2. The lowest BCUT2D eigenvalue weighted by Gasteiger charge is -2.20. The normalized spacial score (nSPS) is 11.7. The highest BCUT2D eigenvalue weighted by molar-refractivity contribution is 6.12. The van der Waals surface area contributed by atoms with E-state index in [9.17, 15) is 9.59 Å². The van der Waals surface area contributed by atoms with Crippen LogP contribution in [0.15, 0.2) is 30.6 Å². The molecule has 0 aliphatic heterocycles. The van der Waals surface area contributed by atoms with Crippen LogP contribution in [0.2, 0.25) is 0 Å². The summed E-state index contributed by atoms with van der Waals surface area (Å²) < 4.78 is 6.69. The minimum absolute atomic E-state index is 0.183. The smallest absolute Gasteiger partial charge is 0.174 e. The molecule has 19 heavy (non-hydrogen) atoms. The zero-order valence-corrected chi connectivity index (χ0v) is 11.2. The summed E-state index contributed by atoms with van der Waals surface area (Å²) in [7, 11) is 1.46. The summed E-state index contributed by atoms with van der Waals surface area (Å²) in [6.45, 7) is 3.30. The largest absolute Gasteiger partial charge is 0.371 e. The first-order chi connectivity index (χ1) is 8.95. The van der Waals surface area contributed by atoms with Crippen LogP contribution in [0.4, 0.5) is 0 Å². The van der Waals surface area contributed by atoms with Gasteiger partial charge in [-0.3, -0.25) is 9.59 Å². The Kier molecular flexibility index (Phi) is 3.48. The number of pyridine rings is 1. The van der Waals surface area contributed by atoms with Crippen LogP contribution in [-0.2, 0) is 9.53 Å². The molecule has 0 aromatic carbocycles. The van der Waals surface area contributed by atoms with Crippen LogP contribution in [0.5, 0.6) is 0 Å². The highest BCUT2D eigenvalue weighted by Gasteiger charge is 2.29. The second-order valence-corrected chi connectivity index (χ2v) is 4.83. The van der Waals surface area contributed by atoms with Crippen molar-refractivity contribution in [2.45, 2.75) is 25.9 Å². The third kappa shape index (κ3) is 2.56. The Bertz CT molecular complexity index is 628.